The summed E-state index contributed by atoms with van der Waals surface area (Å²) < 4.78 is 6.02. The molecule has 1 aromatic carbocycles. The number of likely N-dealkylation sites (tertiary alicyclic amines) is 1. The minimum absolute atomic E-state index is 0.0490. The van der Waals surface area contributed by atoms with E-state index in [1.165, 1.54) is 0 Å². The largest absolute Gasteiger partial charge is 0.497 e. The number of piperidine rings is 1. The summed E-state index contributed by atoms with van der Waals surface area (Å²) in [6.45, 7) is 3.08. The van der Waals surface area contributed by atoms with Crippen molar-refractivity contribution in [2.45, 2.75) is 19.8 Å². The van der Waals surface area contributed by atoms with Crippen LogP contribution in [-0.4, -0.2) is 41.8 Å². The lowest BCUT2D eigenvalue weighted by Crippen LogP contribution is -2.40. The maximum Gasteiger partial charge on any atom is 0.272 e. The number of hydrogen-bond acceptors (Lipinski definition) is 4. The van der Waals surface area contributed by atoms with Crippen LogP contribution in [-0.2, 0) is 0 Å². The molecule has 1 aliphatic rings. The Labute approximate surface area is 161 Å². The third-order valence-corrected chi connectivity index (χ3v) is 5.62. The van der Waals surface area contributed by atoms with Gasteiger partial charge in [0.15, 0.2) is 5.78 Å². The molecule has 6 heteroatoms. The molecule has 0 bridgehead atoms. The number of pyridine rings is 1. The first-order valence-electron chi connectivity index (χ1n) is 8.59. The number of ether oxygens (including phenoxy) is 1. The van der Waals surface area contributed by atoms with E-state index >= 15 is 0 Å². The number of aryl methyl sites for hydroxylation is 1. The maximum atomic E-state index is 12.7. The van der Waals surface area contributed by atoms with Gasteiger partial charge in [0.25, 0.3) is 5.91 Å². The van der Waals surface area contributed by atoms with Crippen LogP contribution in [0.1, 0.15) is 39.3 Å². The van der Waals surface area contributed by atoms with E-state index in [0.717, 1.165) is 15.8 Å². The number of Topliss-reactive ketones (excluding diaryl/α,β-unsaturated/α-hetero) is 1. The summed E-state index contributed by atoms with van der Waals surface area (Å²) in [6, 6.07) is 8.99. The second-order valence-electron chi connectivity index (χ2n) is 6.48. The van der Waals surface area contributed by atoms with Gasteiger partial charge in [-0.25, -0.2) is 4.98 Å². The fraction of sp³-hybridized carbons (Fsp3) is 0.350. The van der Waals surface area contributed by atoms with E-state index in [0.29, 0.717) is 37.2 Å². The zero-order chi connectivity index (χ0) is 18.7. The Morgan fingerprint density at radius 3 is 2.42 bits per heavy atom. The molecule has 136 valence electrons. The number of rotatable bonds is 4. The average molecular weight is 417 g/mol. The number of halogens is 1. The normalized spacial score (nSPS) is 15.0. The minimum Gasteiger partial charge on any atom is -0.497 e. The summed E-state index contributed by atoms with van der Waals surface area (Å²) in [5.74, 6) is 0.750. The van der Waals surface area contributed by atoms with Crippen LogP contribution >= 0.6 is 15.9 Å². The van der Waals surface area contributed by atoms with Crippen LogP contribution in [0.3, 0.4) is 0 Å². The Balaban J connectivity index is 1.61. The van der Waals surface area contributed by atoms with E-state index in [-0.39, 0.29) is 17.6 Å². The van der Waals surface area contributed by atoms with Crippen molar-refractivity contribution < 1.29 is 14.3 Å². The molecule has 1 aromatic heterocycles. The molecule has 0 aliphatic carbocycles. The lowest BCUT2D eigenvalue weighted by atomic mass is 9.88. The summed E-state index contributed by atoms with van der Waals surface area (Å²) in [6.07, 6.45) is 3.00. The molecular formula is C20H21BrN2O3. The number of ketones is 1. The van der Waals surface area contributed by atoms with Gasteiger partial charge in [0, 0.05) is 35.2 Å². The molecule has 0 atom stereocenters. The maximum absolute atomic E-state index is 12.7. The van der Waals surface area contributed by atoms with E-state index < -0.39 is 0 Å². The molecule has 26 heavy (non-hydrogen) atoms. The zero-order valence-corrected chi connectivity index (χ0v) is 16.5. The van der Waals surface area contributed by atoms with Crippen LogP contribution in [0.25, 0.3) is 0 Å². The third-order valence-electron chi connectivity index (χ3n) is 4.79. The van der Waals surface area contributed by atoms with Gasteiger partial charge in [-0.2, -0.15) is 0 Å². The number of amides is 1. The molecule has 2 heterocycles. The van der Waals surface area contributed by atoms with Gasteiger partial charge < -0.3 is 9.64 Å². The number of benzene rings is 1. The Morgan fingerprint density at radius 2 is 1.85 bits per heavy atom. The van der Waals surface area contributed by atoms with Crippen molar-refractivity contribution in [3.05, 3.63) is 57.8 Å². The van der Waals surface area contributed by atoms with E-state index in [1.54, 1.807) is 48.5 Å². The lowest BCUT2D eigenvalue weighted by molar-refractivity contribution is 0.0645. The highest BCUT2D eigenvalue weighted by atomic mass is 79.9. The van der Waals surface area contributed by atoms with Crippen molar-refractivity contribution in [3.63, 3.8) is 0 Å². The van der Waals surface area contributed by atoms with Crippen molar-refractivity contribution in [3.8, 4) is 5.75 Å². The van der Waals surface area contributed by atoms with E-state index in [9.17, 15) is 9.59 Å². The Kier molecular flexibility index (Phi) is 5.71. The fourth-order valence-corrected chi connectivity index (χ4v) is 3.37. The third kappa shape index (κ3) is 3.96. The molecule has 1 amide bonds. The van der Waals surface area contributed by atoms with Gasteiger partial charge in [0.1, 0.15) is 11.4 Å². The minimum atomic E-state index is -0.0732. The Morgan fingerprint density at radius 1 is 1.19 bits per heavy atom. The standard InChI is InChI=1S/C20H21BrN2O3/c1-13-11-18(22-12-17(13)21)20(25)23-9-7-15(8-10-23)19(24)14-3-5-16(26-2)6-4-14/h3-6,11-12,15H,7-10H2,1-2H3. The molecule has 0 saturated carbocycles. The molecule has 5 nitrogen and oxygen atoms in total. The second-order valence-corrected chi connectivity index (χ2v) is 7.33. The van der Waals surface area contributed by atoms with Crippen LogP contribution in [0.4, 0.5) is 0 Å². The number of methoxy groups -OCH3 is 1. The number of aromatic nitrogens is 1. The fourth-order valence-electron chi connectivity index (χ4n) is 3.15. The summed E-state index contributed by atoms with van der Waals surface area (Å²) >= 11 is 3.40. The Bertz CT molecular complexity index is 812. The van der Waals surface area contributed by atoms with Crippen molar-refractivity contribution in [1.29, 1.82) is 0 Å². The van der Waals surface area contributed by atoms with Gasteiger partial charge in [-0.15, -0.1) is 0 Å². The van der Waals surface area contributed by atoms with E-state index in [2.05, 4.69) is 20.9 Å². The smallest absolute Gasteiger partial charge is 0.272 e. The highest BCUT2D eigenvalue weighted by Gasteiger charge is 2.29. The highest BCUT2D eigenvalue weighted by Crippen LogP contribution is 2.24. The van der Waals surface area contributed by atoms with Gasteiger partial charge in [-0.1, -0.05) is 0 Å². The summed E-state index contributed by atoms with van der Waals surface area (Å²) in [7, 11) is 1.60. The average Bonchev–Trinajstić information content (AvgIpc) is 2.69. The van der Waals surface area contributed by atoms with Gasteiger partial charge in [-0.05, 0) is 71.6 Å². The van der Waals surface area contributed by atoms with Crippen molar-refractivity contribution in [2.24, 2.45) is 5.92 Å². The lowest BCUT2D eigenvalue weighted by Gasteiger charge is -2.31. The zero-order valence-electron chi connectivity index (χ0n) is 14.9. The molecule has 3 rings (SSSR count). The number of nitrogens with zero attached hydrogens (tertiary/aromatic N) is 2. The van der Waals surface area contributed by atoms with Crippen LogP contribution in [0.5, 0.6) is 5.75 Å². The number of carbonyl (C=O) groups excluding carboxylic acids is 2. The monoisotopic (exact) mass is 416 g/mol. The molecule has 1 fully saturated rings. The van der Waals surface area contributed by atoms with Crippen LogP contribution < -0.4 is 4.74 Å². The van der Waals surface area contributed by atoms with Crippen molar-refractivity contribution >= 4 is 27.6 Å². The predicted octanol–water partition coefficient (Wildman–Crippen LogP) is 3.90. The van der Waals surface area contributed by atoms with Crippen molar-refractivity contribution in [2.75, 3.05) is 20.2 Å². The molecule has 2 aromatic rings. The first-order valence-corrected chi connectivity index (χ1v) is 9.38. The van der Waals surface area contributed by atoms with Crippen LogP contribution in [0.15, 0.2) is 41.0 Å². The summed E-state index contributed by atoms with van der Waals surface area (Å²) in [5.41, 5.74) is 2.12. The van der Waals surface area contributed by atoms with Crippen molar-refractivity contribution in [1.82, 2.24) is 9.88 Å². The van der Waals surface area contributed by atoms with Gasteiger partial charge in [0.2, 0.25) is 0 Å². The molecule has 0 N–H and O–H groups in total. The molecule has 1 saturated heterocycles. The molecule has 1 aliphatic heterocycles. The predicted molar refractivity (Wildman–Crippen MR) is 103 cm³/mol. The van der Waals surface area contributed by atoms with Gasteiger partial charge in [-0.3, -0.25) is 9.59 Å². The number of carbonyl (C=O) groups is 2. The first-order chi connectivity index (χ1) is 12.5. The van der Waals surface area contributed by atoms with Crippen LogP contribution in [0.2, 0.25) is 0 Å². The summed E-state index contributed by atoms with van der Waals surface area (Å²) in [5, 5.41) is 0. The summed E-state index contributed by atoms with van der Waals surface area (Å²) in [4.78, 5) is 31.3. The first kappa shape index (κ1) is 18.6. The van der Waals surface area contributed by atoms with Crippen LogP contribution in [0, 0.1) is 12.8 Å². The Hall–Kier alpha value is -2.21. The number of hydrogen-bond donors (Lipinski definition) is 0. The van der Waals surface area contributed by atoms with E-state index in [1.807, 2.05) is 6.92 Å². The molecular weight excluding hydrogens is 396 g/mol. The molecule has 0 unspecified atom stereocenters. The topological polar surface area (TPSA) is 59.5 Å². The second kappa shape index (κ2) is 7.99. The SMILES string of the molecule is COc1ccc(C(=O)C2CCN(C(=O)c3cc(C)c(Br)cn3)CC2)cc1. The molecule has 0 radical (unpaired) electrons. The van der Waals surface area contributed by atoms with E-state index in [4.69, 9.17) is 4.74 Å². The quantitative estimate of drug-likeness (QED) is 0.709. The molecule has 0 spiro atoms. The highest BCUT2D eigenvalue weighted by molar-refractivity contribution is 9.10. The van der Waals surface area contributed by atoms with Gasteiger partial charge >= 0.3 is 0 Å². The van der Waals surface area contributed by atoms with Gasteiger partial charge in [0.05, 0.1) is 7.11 Å².